The molecule has 154 valence electrons. The van der Waals surface area contributed by atoms with Crippen molar-refractivity contribution in [3.05, 3.63) is 23.8 Å². The lowest BCUT2D eigenvalue weighted by molar-refractivity contribution is -0.143. The van der Waals surface area contributed by atoms with Crippen LogP contribution in [-0.4, -0.2) is 47.1 Å². The fraction of sp³-hybridized carbons (Fsp3) is 0.524. The molecule has 1 atom stereocenters. The summed E-state index contributed by atoms with van der Waals surface area (Å²) in [5.74, 6) is -0.442. The number of nitrogens with one attached hydrogen (secondary N) is 1. The van der Waals surface area contributed by atoms with Crippen LogP contribution >= 0.6 is 11.8 Å². The molecule has 1 N–H and O–H groups in total. The Hall–Kier alpha value is -2.53. The van der Waals surface area contributed by atoms with E-state index in [9.17, 15) is 19.6 Å². The van der Waals surface area contributed by atoms with Crippen LogP contribution < -0.4 is 5.32 Å². The molecule has 3 rings (SSSR count). The number of esters is 1. The molecule has 1 heterocycles. The number of ether oxygens (including phenoxy) is 1. The smallest absolute Gasteiger partial charge is 0.338 e. The Kier molecular flexibility index (Phi) is 6.48. The van der Waals surface area contributed by atoms with Gasteiger partial charge in [-0.2, -0.15) is 5.26 Å². The number of thioether (sulfide) groups is 1. The van der Waals surface area contributed by atoms with E-state index in [4.69, 9.17) is 4.74 Å². The van der Waals surface area contributed by atoms with Crippen molar-refractivity contribution in [3.63, 3.8) is 0 Å². The Bertz CT molecular complexity index is 858. The molecule has 0 saturated heterocycles. The molecule has 0 spiro atoms. The maximum absolute atomic E-state index is 12.8. The first-order chi connectivity index (χ1) is 13.9. The van der Waals surface area contributed by atoms with Crippen molar-refractivity contribution in [1.29, 1.82) is 5.26 Å². The lowest BCUT2D eigenvalue weighted by Gasteiger charge is -2.39. The van der Waals surface area contributed by atoms with Crippen molar-refractivity contribution in [2.45, 2.75) is 62.0 Å². The van der Waals surface area contributed by atoms with Gasteiger partial charge in [-0.1, -0.05) is 19.3 Å². The molecule has 1 saturated carbocycles. The highest BCUT2D eigenvalue weighted by molar-refractivity contribution is 7.99. The first kappa shape index (κ1) is 21.2. The maximum atomic E-state index is 12.8. The Morgan fingerprint density at radius 2 is 2.03 bits per heavy atom. The molecule has 1 fully saturated rings. The molecule has 2 aliphatic rings. The highest BCUT2D eigenvalue weighted by Gasteiger charge is 2.40. The van der Waals surface area contributed by atoms with Gasteiger partial charge in [0.15, 0.2) is 6.10 Å². The number of nitrogens with zero attached hydrogens (tertiary/aromatic N) is 2. The summed E-state index contributed by atoms with van der Waals surface area (Å²) in [6, 6.07) is 7.28. The molecule has 1 aliphatic carbocycles. The summed E-state index contributed by atoms with van der Waals surface area (Å²) >= 11 is 1.55. The molecule has 1 aromatic carbocycles. The van der Waals surface area contributed by atoms with Crippen molar-refractivity contribution in [2.75, 3.05) is 18.1 Å². The van der Waals surface area contributed by atoms with Crippen molar-refractivity contribution < 1.29 is 19.1 Å². The molecule has 0 aromatic heterocycles. The lowest BCUT2D eigenvalue weighted by atomic mass is 9.81. The van der Waals surface area contributed by atoms with E-state index in [0.717, 1.165) is 24.2 Å². The number of hydrogen-bond acceptors (Lipinski definition) is 6. The molecule has 0 unspecified atom stereocenters. The van der Waals surface area contributed by atoms with Crippen LogP contribution in [0.2, 0.25) is 0 Å². The van der Waals surface area contributed by atoms with E-state index >= 15 is 0 Å². The number of anilines is 1. The van der Waals surface area contributed by atoms with Crippen LogP contribution in [0.1, 0.15) is 55.8 Å². The molecule has 0 bridgehead atoms. The van der Waals surface area contributed by atoms with Gasteiger partial charge in [0.1, 0.15) is 5.54 Å². The third kappa shape index (κ3) is 4.56. The van der Waals surface area contributed by atoms with Crippen molar-refractivity contribution in [2.24, 2.45) is 0 Å². The van der Waals surface area contributed by atoms with E-state index < -0.39 is 17.6 Å². The fourth-order valence-corrected chi connectivity index (χ4v) is 4.71. The van der Waals surface area contributed by atoms with Gasteiger partial charge in [-0.25, -0.2) is 4.79 Å². The molecule has 7 nitrogen and oxygen atoms in total. The predicted molar refractivity (Wildman–Crippen MR) is 109 cm³/mol. The minimum Gasteiger partial charge on any atom is -0.449 e. The van der Waals surface area contributed by atoms with Gasteiger partial charge in [-0.05, 0) is 38.0 Å². The van der Waals surface area contributed by atoms with E-state index in [1.807, 2.05) is 0 Å². The fourth-order valence-electron chi connectivity index (χ4n) is 3.77. The number of benzene rings is 1. The summed E-state index contributed by atoms with van der Waals surface area (Å²) < 4.78 is 5.39. The van der Waals surface area contributed by atoms with Crippen LogP contribution in [0.5, 0.6) is 0 Å². The number of carbonyl (C=O) groups excluding carboxylic acids is 3. The Labute approximate surface area is 174 Å². The summed E-state index contributed by atoms with van der Waals surface area (Å²) in [6.07, 6.45) is 3.53. The largest absolute Gasteiger partial charge is 0.449 e. The van der Waals surface area contributed by atoms with Gasteiger partial charge in [0.05, 0.1) is 17.3 Å². The quantitative estimate of drug-likeness (QED) is 0.757. The van der Waals surface area contributed by atoms with E-state index in [-0.39, 0.29) is 17.4 Å². The molecular weight excluding hydrogens is 390 g/mol. The zero-order valence-corrected chi connectivity index (χ0v) is 17.5. The van der Waals surface area contributed by atoms with Crippen LogP contribution in [-0.2, 0) is 14.3 Å². The monoisotopic (exact) mass is 415 g/mol. The average Bonchev–Trinajstić information content (AvgIpc) is 2.92. The average molecular weight is 416 g/mol. The number of amides is 2. The van der Waals surface area contributed by atoms with Crippen LogP contribution in [0.3, 0.4) is 0 Å². The van der Waals surface area contributed by atoms with Gasteiger partial charge in [0, 0.05) is 24.1 Å². The first-order valence-electron chi connectivity index (χ1n) is 9.83. The van der Waals surface area contributed by atoms with Crippen LogP contribution in [0.25, 0.3) is 0 Å². The minimum atomic E-state index is -1.01. The second-order valence-corrected chi connectivity index (χ2v) is 8.64. The molecule has 2 amide bonds. The van der Waals surface area contributed by atoms with Gasteiger partial charge in [0.25, 0.3) is 5.91 Å². The van der Waals surface area contributed by atoms with E-state index in [1.165, 1.54) is 11.8 Å². The number of hydrogen-bond donors (Lipinski definition) is 1. The summed E-state index contributed by atoms with van der Waals surface area (Å²) in [5, 5.41) is 12.5. The zero-order valence-electron chi connectivity index (χ0n) is 16.7. The highest BCUT2D eigenvalue weighted by atomic mass is 32.2. The summed E-state index contributed by atoms with van der Waals surface area (Å²) in [6.45, 7) is 1.52. The normalized spacial score (nSPS) is 19.0. The summed E-state index contributed by atoms with van der Waals surface area (Å²) in [5.41, 5.74) is 0.0110. The first-order valence-corrected chi connectivity index (χ1v) is 10.8. The third-order valence-corrected chi connectivity index (χ3v) is 6.64. The maximum Gasteiger partial charge on any atom is 0.338 e. The predicted octanol–water partition coefficient (Wildman–Crippen LogP) is 3.35. The Balaban J connectivity index is 1.69. The van der Waals surface area contributed by atoms with Crippen molar-refractivity contribution >= 4 is 35.2 Å². The summed E-state index contributed by atoms with van der Waals surface area (Å²) in [4.78, 5) is 39.5. The summed E-state index contributed by atoms with van der Waals surface area (Å²) in [7, 11) is 1.61. The molecule has 1 aromatic rings. The van der Waals surface area contributed by atoms with Crippen LogP contribution in [0.4, 0.5) is 5.69 Å². The van der Waals surface area contributed by atoms with Crippen molar-refractivity contribution in [3.8, 4) is 6.07 Å². The Morgan fingerprint density at radius 1 is 1.31 bits per heavy atom. The molecule has 0 radical (unpaired) electrons. The number of fused-ring (bicyclic) bond motifs is 1. The zero-order chi connectivity index (χ0) is 21.0. The second-order valence-electron chi connectivity index (χ2n) is 7.51. The molecule has 1 aliphatic heterocycles. The second kappa shape index (κ2) is 8.87. The Morgan fingerprint density at radius 3 is 2.72 bits per heavy atom. The highest BCUT2D eigenvalue weighted by Crippen LogP contribution is 2.34. The SMILES string of the molecule is C[C@H](OC(=O)c1ccc2c(c1)NC(=O)CCS2)C(=O)N(C)C1(C#N)CCCCC1. The number of likely N-dealkylation sites (N-methyl/N-ethyl adjacent to an activating group) is 1. The van der Waals surface area contributed by atoms with E-state index in [0.29, 0.717) is 30.7 Å². The van der Waals surface area contributed by atoms with Crippen molar-refractivity contribution in [1.82, 2.24) is 4.90 Å². The number of nitriles is 1. The lowest BCUT2D eigenvalue weighted by Crippen LogP contribution is -2.53. The molecular formula is C21H25N3O4S. The van der Waals surface area contributed by atoms with Gasteiger partial charge >= 0.3 is 5.97 Å². The van der Waals surface area contributed by atoms with Gasteiger partial charge < -0.3 is 15.0 Å². The van der Waals surface area contributed by atoms with Crippen LogP contribution in [0.15, 0.2) is 23.1 Å². The van der Waals surface area contributed by atoms with Crippen LogP contribution in [0, 0.1) is 11.3 Å². The van der Waals surface area contributed by atoms with E-state index in [2.05, 4.69) is 11.4 Å². The standard InChI is InChI=1S/C21H25N3O4S/c1-14(19(26)24(2)21(13-22)9-4-3-5-10-21)28-20(27)15-6-7-17-16(12-15)23-18(25)8-11-29-17/h6-7,12,14H,3-5,8-11H2,1-2H3,(H,23,25)/t14-/m0/s1. The third-order valence-electron chi connectivity index (χ3n) is 5.57. The van der Waals surface area contributed by atoms with Gasteiger partial charge in [0.2, 0.25) is 5.91 Å². The topological polar surface area (TPSA) is 99.5 Å². The van der Waals surface area contributed by atoms with E-state index in [1.54, 1.807) is 37.0 Å². The molecule has 29 heavy (non-hydrogen) atoms. The van der Waals surface area contributed by atoms with Gasteiger partial charge in [-0.15, -0.1) is 11.8 Å². The van der Waals surface area contributed by atoms with Gasteiger partial charge in [-0.3, -0.25) is 9.59 Å². The molecule has 8 heteroatoms. The number of rotatable bonds is 4. The number of carbonyl (C=O) groups is 3. The minimum absolute atomic E-state index is 0.0961.